The van der Waals surface area contributed by atoms with Crippen molar-refractivity contribution >= 4 is 11.8 Å². The molecule has 0 radical (unpaired) electrons. The van der Waals surface area contributed by atoms with Gasteiger partial charge in [-0.1, -0.05) is 44.2 Å². The maximum atomic E-state index is 11.9. The van der Waals surface area contributed by atoms with Gasteiger partial charge in [-0.3, -0.25) is 9.59 Å². The molecule has 21 heavy (non-hydrogen) atoms. The van der Waals surface area contributed by atoms with Crippen molar-refractivity contribution < 1.29 is 9.59 Å². The fourth-order valence-corrected chi connectivity index (χ4v) is 1.94. The normalized spacial score (nSPS) is 13.6. The highest BCUT2D eigenvalue weighted by Crippen LogP contribution is 2.03. The first-order valence-electron chi connectivity index (χ1n) is 7.27. The summed E-state index contributed by atoms with van der Waals surface area (Å²) in [7, 11) is 0. The van der Waals surface area contributed by atoms with Crippen LogP contribution in [-0.2, 0) is 16.1 Å². The number of rotatable bonds is 7. The molecule has 116 valence electrons. The van der Waals surface area contributed by atoms with Gasteiger partial charge in [-0.25, -0.2) is 0 Å². The molecule has 4 N–H and O–H groups in total. The van der Waals surface area contributed by atoms with Crippen molar-refractivity contribution in [1.82, 2.24) is 10.6 Å². The molecule has 2 amide bonds. The number of carbonyl (C=O) groups is 2. The predicted octanol–water partition coefficient (Wildman–Crippen LogP) is 1.18. The van der Waals surface area contributed by atoms with Crippen molar-refractivity contribution in [1.29, 1.82) is 0 Å². The van der Waals surface area contributed by atoms with Crippen LogP contribution in [0.1, 0.15) is 32.8 Å². The van der Waals surface area contributed by atoms with Crippen molar-refractivity contribution in [2.45, 2.75) is 45.8 Å². The number of hydrogen-bond acceptors (Lipinski definition) is 3. The van der Waals surface area contributed by atoms with Gasteiger partial charge in [0.1, 0.15) is 6.04 Å². The van der Waals surface area contributed by atoms with Crippen molar-refractivity contribution in [2.24, 2.45) is 11.7 Å². The second-order valence-electron chi connectivity index (χ2n) is 5.67. The Morgan fingerprint density at radius 3 is 2.29 bits per heavy atom. The van der Waals surface area contributed by atoms with Gasteiger partial charge in [0.05, 0.1) is 6.04 Å². The van der Waals surface area contributed by atoms with Crippen LogP contribution in [-0.4, -0.2) is 23.9 Å². The number of hydrogen-bond donors (Lipinski definition) is 3. The van der Waals surface area contributed by atoms with Crippen molar-refractivity contribution in [3.63, 3.8) is 0 Å². The minimum atomic E-state index is -0.598. The molecule has 0 unspecified atom stereocenters. The van der Waals surface area contributed by atoms with Crippen LogP contribution in [0.2, 0.25) is 0 Å². The first kappa shape index (κ1) is 17.2. The highest BCUT2D eigenvalue weighted by atomic mass is 16.2. The highest BCUT2D eigenvalue weighted by molar-refractivity contribution is 5.89. The van der Waals surface area contributed by atoms with Crippen LogP contribution in [0.15, 0.2) is 30.3 Å². The Morgan fingerprint density at radius 2 is 1.71 bits per heavy atom. The summed E-state index contributed by atoms with van der Waals surface area (Å²) in [4.78, 5) is 23.8. The third-order valence-electron chi connectivity index (χ3n) is 3.12. The van der Waals surface area contributed by atoms with E-state index in [1.807, 2.05) is 44.2 Å². The zero-order valence-electron chi connectivity index (χ0n) is 12.9. The van der Waals surface area contributed by atoms with Crippen LogP contribution < -0.4 is 16.4 Å². The van der Waals surface area contributed by atoms with Crippen molar-refractivity contribution in [2.75, 3.05) is 0 Å². The van der Waals surface area contributed by atoms with Gasteiger partial charge in [-0.15, -0.1) is 0 Å². The van der Waals surface area contributed by atoms with Crippen LogP contribution in [0.5, 0.6) is 0 Å². The Morgan fingerprint density at radius 1 is 1.10 bits per heavy atom. The molecule has 0 heterocycles. The number of benzene rings is 1. The van der Waals surface area contributed by atoms with E-state index in [0.29, 0.717) is 18.9 Å². The number of nitrogens with one attached hydrogen (secondary N) is 2. The average molecular weight is 291 g/mol. The summed E-state index contributed by atoms with van der Waals surface area (Å²) in [6.45, 7) is 6.10. The molecule has 0 fully saturated rings. The summed E-state index contributed by atoms with van der Waals surface area (Å²) in [5, 5.41) is 5.43. The third kappa shape index (κ3) is 6.40. The Labute approximate surface area is 126 Å². The molecule has 0 spiro atoms. The fraction of sp³-hybridized carbons (Fsp3) is 0.500. The summed E-state index contributed by atoms with van der Waals surface area (Å²) < 4.78 is 0. The molecule has 1 rings (SSSR count). The monoisotopic (exact) mass is 291 g/mol. The molecule has 0 bridgehead atoms. The Bertz CT molecular complexity index is 460. The molecular weight excluding hydrogens is 266 g/mol. The van der Waals surface area contributed by atoms with Gasteiger partial charge in [0.2, 0.25) is 11.8 Å². The molecule has 5 nitrogen and oxygen atoms in total. The van der Waals surface area contributed by atoms with Gasteiger partial charge in [0.25, 0.3) is 0 Å². The van der Waals surface area contributed by atoms with Crippen LogP contribution in [0, 0.1) is 5.92 Å². The third-order valence-corrected chi connectivity index (χ3v) is 3.12. The van der Waals surface area contributed by atoms with Crippen LogP contribution in [0.4, 0.5) is 0 Å². The molecule has 0 aliphatic carbocycles. The van der Waals surface area contributed by atoms with Gasteiger partial charge < -0.3 is 16.4 Å². The van der Waals surface area contributed by atoms with Crippen LogP contribution in [0.3, 0.4) is 0 Å². The second-order valence-corrected chi connectivity index (χ2v) is 5.67. The first-order chi connectivity index (χ1) is 9.90. The molecule has 0 aromatic heterocycles. The number of amides is 2. The summed E-state index contributed by atoms with van der Waals surface area (Å²) in [5.74, 6) is -0.164. The van der Waals surface area contributed by atoms with E-state index in [1.165, 1.54) is 0 Å². The zero-order chi connectivity index (χ0) is 15.8. The van der Waals surface area contributed by atoms with E-state index in [4.69, 9.17) is 5.73 Å². The summed E-state index contributed by atoms with van der Waals surface area (Å²) in [6.07, 6.45) is 0.601. The molecular formula is C16H25N3O2. The lowest BCUT2D eigenvalue weighted by Gasteiger charge is -2.18. The summed E-state index contributed by atoms with van der Waals surface area (Å²) in [5.41, 5.74) is 6.80. The molecule has 0 saturated heterocycles. The second kappa shape index (κ2) is 8.42. The lowest BCUT2D eigenvalue weighted by atomic mass is 10.0. The summed E-state index contributed by atoms with van der Waals surface area (Å²) >= 11 is 0. The van der Waals surface area contributed by atoms with Gasteiger partial charge in [0, 0.05) is 6.54 Å². The fourth-order valence-electron chi connectivity index (χ4n) is 1.94. The Balaban J connectivity index is 2.38. The van der Waals surface area contributed by atoms with E-state index in [1.54, 1.807) is 6.92 Å². The number of nitrogens with two attached hydrogens (primary N) is 1. The minimum Gasteiger partial charge on any atom is -0.350 e. The van der Waals surface area contributed by atoms with Crippen LogP contribution in [0.25, 0.3) is 0 Å². The molecule has 0 saturated carbocycles. The van der Waals surface area contributed by atoms with Gasteiger partial charge in [-0.05, 0) is 24.8 Å². The molecule has 0 aliphatic heterocycles. The van der Waals surface area contributed by atoms with Gasteiger partial charge >= 0.3 is 0 Å². The quantitative estimate of drug-likeness (QED) is 0.705. The van der Waals surface area contributed by atoms with E-state index in [0.717, 1.165) is 5.56 Å². The maximum absolute atomic E-state index is 11.9. The molecule has 2 atom stereocenters. The highest BCUT2D eigenvalue weighted by Gasteiger charge is 2.20. The predicted molar refractivity (Wildman–Crippen MR) is 83.3 cm³/mol. The topological polar surface area (TPSA) is 84.2 Å². The Hall–Kier alpha value is -1.88. The SMILES string of the molecule is CC(C)C[C@@H](N)C(=O)N[C@@H](C)C(=O)NCc1ccccc1. The van der Waals surface area contributed by atoms with Gasteiger partial charge in [0.15, 0.2) is 0 Å². The molecule has 0 aliphatic rings. The Kier molecular flexibility index (Phi) is 6.88. The van der Waals surface area contributed by atoms with E-state index in [-0.39, 0.29) is 11.8 Å². The van der Waals surface area contributed by atoms with Crippen molar-refractivity contribution in [3.8, 4) is 0 Å². The van der Waals surface area contributed by atoms with E-state index >= 15 is 0 Å². The minimum absolute atomic E-state index is 0.219. The van der Waals surface area contributed by atoms with Crippen LogP contribution >= 0.6 is 0 Å². The molecule has 1 aromatic rings. The van der Waals surface area contributed by atoms with E-state index in [9.17, 15) is 9.59 Å². The van der Waals surface area contributed by atoms with E-state index in [2.05, 4.69) is 10.6 Å². The van der Waals surface area contributed by atoms with Crippen molar-refractivity contribution in [3.05, 3.63) is 35.9 Å². The average Bonchev–Trinajstić information content (AvgIpc) is 2.44. The summed E-state index contributed by atoms with van der Waals surface area (Å²) in [6, 6.07) is 8.44. The van der Waals surface area contributed by atoms with Gasteiger partial charge in [-0.2, -0.15) is 0 Å². The lowest BCUT2D eigenvalue weighted by Crippen LogP contribution is -2.50. The lowest BCUT2D eigenvalue weighted by molar-refractivity contribution is -0.129. The number of carbonyl (C=O) groups excluding carboxylic acids is 2. The zero-order valence-corrected chi connectivity index (χ0v) is 12.9. The smallest absolute Gasteiger partial charge is 0.242 e. The molecule has 5 heteroatoms. The largest absolute Gasteiger partial charge is 0.350 e. The van der Waals surface area contributed by atoms with E-state index < -0.39 is 12.1 Å². The standard InChI is InChI=1S/C16H25N3O2/c1-11(2)9-14(17)16(21)19-12(3)15(20)18-10-13-7-5-4-6-8-13/h4-8,11-12,14H,9-10,17H2,1-3H3,(H,18,20)(H,19,21)/t12-,14+/m0/s1. The maximum Gasteiger partial charge on any atom is 0.242 e. The molecule has 1 aromatic carbocycles. The first-order valence-corrected chi connectivity index (χ1v) is 7.27.